The Morgan fingerprint density at radius 2 is 2.00 bits per heavy atom. The van der Waals surface area contributed by atoms with Crippen LogP contribution in [0.25, 0.3) is 0 Å². The van der Waals surface area contributed by atoms with Crippen LogP contribution in [0.2, 0.25) is 0 Å². The van der Waals surface area contributed by atoms with Crippen molar-refractivity contribution in [2.24, 2.45) is 4.99 Å². The maximum absolute atomic E-state index is 13.7. The summed E-state index contributed by atoms with van der Waals surface area (Å²) in [6, 6.07) is 6.93. The second kappa shape index (κ2) is 10.9. The van der Waals surface area contributed by atoms with Crippen molar-refractivity contribution in [2.45, 2.75) is 38.5 Å². The van der Waals surface area contributed by atoms with Gasteiger partial charge in [0.15, 0.2) is 5.96 Å². The number of aliphatic imine (C=N–C) groups is 1. The molecule has 0 spiro atoms. The first kappa shape index (κ1) is 21.2. The van der Waals surface area contributed by atoms with E-state index in [1.807, 2.05) is 6.07 Å². The molecule has 1 fully saturated rings. The van der Waals surface area contributed by atoms with Crippen LogP contribution in [-0.2, 0) is 10.2 Å². The van der Waals surface area contributed by atoms with E-state index in [2.05, 4.69) is 24.5 Å². The van der Waals surface area contributed by atoms with Crippen LogP contribution in [0, 0.1) is 5.82 Å². The number of nitrogens with one attached hydrogen (secondary N) is 2. The van der Waals surface area contributed by atoms with Gasteiger partial charge >= 0.3 is 0 Å². The summed E-state index contributed by atoms with van der Waals surface area (Å²) in [6.07, 6.45) is 2.79. The first-order valence-electron chi connectivity index (χ1n) is 8.56. The van der Waals surface area contributed by atoms with Crippen LogP contribution in [0.4, 0.5) is 4.39 Å². The van der Waals surface area contributed by atoms with Crippen LogP contribution in [0.15, 0.2) is 29.3 Å². The van der Waals surface area contributed by atoms with Crippen molar-refractivity contribution in [3.05, 3.63) is 35.6 Å². The second-order valence-corrected chi connectivity index (χ2v) is 6.02. The maximum Gasteiger partial charge on any atom is 0.191 e. The predicted octanol–water partition coefficient (Wildman–Crippen LogP) is 3.46. The summed E-state index contributed by atoms with van der Waals surface area (Å²) in [5.41, 5.74) is 0.880. The Labute approximate surface area is 161 Å². The van der Waals surface area contributed by atoms with E-state index in [1.165, 1.54) is 6.07 Å². The maximum atomic E-state index is 13.7. The number of ether oxygens (including phenoxy) is 1. The number of hydrogen-bond donors (Lipinski definition) is 2. The molecule has 1 aromatic carbocycles. The molecule has 4 nitrogen and oxygen atoms in total. The molecule has 24 heavy (non-hydrogen) atoms. The molecule has 0 aliphatic carbocycles. The van der Waals surface area contributed by atoms with Crippen molar-refractivity contribution in [3.8, 4) is 0 Å². The Morgan fingerprint density at radius 1 is 1.25 bits per heavy atom. The van der Waals surface area contributed by atoms with Crippen molar-refractivity contribution >= 4 is 29.9 Å². The highest BCUT2D eigenvalue weighted by Crippen LogP contribution is 2.35. The Bertz CT molecular complexity index is 519. The van der Waals surface area contributed by atoms with E-state index in [1.54, 1.807) is 12.1 Å². The van der Waals surface area contributed by atoms with Crippen LogP contribution < -0.4 is 10.6 Å². The molecule has 2 rings (SSSR count). The van der Waals surface area contributed by atoms with Gasteiger partial charge in [-0.15, -0.1) is 24.0 Å². The standard InChI is InChI=1S/C18H28FN3O.HI/c1-3-10-21-17(20-4-2)22-14-18(8-11-23-12-9-18)15-6-5-7-16(19)13-15;/h5-7,13H,3-4,8-12,14H2,1-2H3,(H2,20,21,22);1H. The van der Waals surface area contributed by atoms with Crippen molar-refractivity contribution in [3.63, 3.8) is 0 Å². The van der Waals surface area contributed by atoms with Gasteiger partial charge in [0, 0.05) is 31.7 Å². The van der Waals surface area contributed by atoms with Gasteiger partial charge in [-0.3, -0.25) is 4.99 Å². The minimum absolute atomic E-state index is 0. The summed E-state index contributed by atoms with van der Waals surface area (Å²) in [5.74, 6) is 0.644. The summed E-state index contributed by atoms with van der Waals surface area (Å²) in [4.78, 5) is 4.77. The third-order valence-electron chi connectivity index (χ3n) is 4.31. The molecule has 0 bridgehead atoms. The lowest BCUT2D eigenvalue weighted by Crippen LogP contribution is -2.41. The Kier molecular flexibility index (Phi) is 9.58. The van der Waals surface area contributed by atoms with Gasteiger partial charge in [0.2, 0.25) is 0 Å². The summed E-state index contributed by atoms with van der Waals surface area (Å²) < 4.78 is 19.2. The minimum Gasteiger partial charge on any atom is -0.381 e. The minimum atomic E-state index is -0.187. The molecule has 0 radical (unpaired) electrons. The van der Waals surface area contributed by atoms with Gasteiger partial charge < -0.3 is 15.4 Å². The molecule has 136 valence electrons. The SMILES string of the molecule is CCCNC(=NCC1(c2cccc(F)c2)CCOCC1)NCC.I. The monoisotopic (exact) mass is 449 g/mol. The molecule has 0 unspecified atom stereocenters. The number of halogens is 2. The van der Waals surface area contributed by atoms with Gasteiger partial charge in [0.25, 0.3) is 0 Å². The van der Waals surface area contributed by atoms with Gasteiger partial charge in [0.1, 0.15) is 5.82 Å². The number of nitrogens with zero attached hydrogens (tertiary/aromatic N) is 1. The third kappa shape index (κ3) is 5.88. The Morgan fingerprint density at radius 3 is 2.62 bits per heavy atom. The normalized spacial score (nSPS) is 17.0. The van der Waals surface area contributed by atoms with Gasteiger partial charge in [0.05, 0.1) is 6.54 Å². The molecule has 0 saturated carbocycles. The fourth-order valence-electron chi connectivity index (χ4n) is 2.93. The molecule has 1 aliphatic rings. The molecule has 6 heteroatoms. The summed E-state index contributed by atoms with van der Waals surface area (Å²) >= 11 is 0. The van der Waals surface area contributed by atoms with E-state index in [0.29, 0.717) is 19.8 Å². The van der Waals surface area contributed by atoms with E-state index in [-0.39, 0.29) is 35.2 Å². The Balaban J connectivity index is 0.00000288. The molecule has 1 saturated heterocycles. The first-order valence-corrected chi connectivity index (χ1v) is 8.56. The van der Waals surface area contributed by atoms with E-state index in [0.717, 1.165) is 43.9 Å². The molecule has 2 N–H and O–H groups in total. The molecule has 1 aromatic rings. The van der Waals surface area contributed by atoms with E-state index in [4.69, 9.17) is 9.73 Å². The van der Waals surface area contributed by atoms with E-state index < -0.39 is 0 Å². The third-order valence-corrected chi connectivity index (χ3v) is 4.31. The molecular formula is C18H29FIN3O. The van der Waals surface area contributed by atoms with E-state index >= 15 is 0 Å². The summed E-state index contributed by atoms with van der Waals surface area (Å²) in [5, 5.41) is 6.59. The zero-order valence-electron chi connectivity index (χ0n) is 14.6. The smallest absolute Gasteiger partial charge is 0.191 e. The van der Waals surface area contributed by atoms with Crippen molar-refractivity contribution in [1.82, 2.24) is 10.6 Å². The zero-order valence-corrected chi connectivity index (χ0v) is 16.9. The van der Waals surface area contributed by atoms with Crippen molar-refractivity contribution in [2.75, 3.05) is 32.8 Å². The number of guanidine groups is 1. The predicted molar refractivity (Wildman–Crippen MR) is 108 cm³/mol. The highest BCUT2D eigenvalue weighted by Gasteiger charge is 2.34. The Hall–Kier alpha value is -0.890. The average molecular weight is 449 g/mol. The van der Waals surface area contributed by atoms with Crippen molar-refractivity contribution < 1.29 is 9.13 Å². The number of benzene rings is 1. The lowest BCUT2D eigenvalue weighted by Gasteiger charge is -2.36. The lowest BCUT2D eigenvalue weighted by atomic mass is 9.74. The van der Waals surface area contributed by atoms with Crippen LogP contribution >= 0.6 is 24.0 Å². The van der Waals surface area contributed by atoms with Gasteiger partial charge in [-0.1, -0.05) is 19.1 Å². The number of rotatable bonds is 6. The molecule has 0 atom stereocenters. The summed E-state index contributed by atoms with van der Waals surface area (Å²) in [7, 11) is 0. The summed E-state index contributed by atoms with van der Waals surface area (Å²) in [6.45, 7) is 7.94. The fourth-order valence-corrected chi connectivity index (χ4v) is 2.93. The topological polar surface area (TPSA) is 45.7 Å². The molecule has 1 aliphatic heterocycles. The average Bonchev–Trinajstić information content (AvgIpc) is 2.58. The largest absolute Gasteiger partial charge is 0.381 e. The lowest BCUT2D eigenvalue weighted by molar-refractivity contribution is 0.0530. The van der Waals surface area contributed by atoms with Crippen molar-refractivity contribution in [1.29, 1.82) is 0 Å². The van der Waals surface area contributed by atoms with Crippen LogP contribution in [0.3, 0.4) is 0 Å². The van der Waals surface area contributed by atoms with Gasteiger partial charge in [-0.25, -0.2) is 4.39 Å². The van der Waals surface area contributed by atoms with E-state index in [9.17, 15) is 4.39 Å². The zero-order chi connectivity index (χ0) is 16.5. The molecular weight excluding hydrogens is 420 g/mol. The number of hydrogen-bond acceptors (Lipinski definition) is 2. The van der Waals surface area contributed by atoms with Crippen LogP contribution in [0.1, 0.15) is 38.7 Å². The highest BCUT2D eigenvalue weighted by molar-refractivity contribution is 14.0. The van der Waals surface area contributed by atoms with Crippen LogP contribution in [-0.4, -0.2) is 38.8 Å². The van der Waals surface area contributed by atoms with Crippen LogP contribution in [0.5, 0.6) is 0 Å². The van der Waals surface area contributed by atoms with Gasteiger partial charge in [-0.2, -0.15) is 0 Å². The molecule has 0 amide bonds. The second-order valence-electron chi connectivity index (χ2n) is 6.02. The fraction of sp³-hybridized carbons (Fsp3) is 0.611. The van der Waals surface area contributed by atoms with Gasteiger partial charge in [-0.05, 0) is 43.9 Å². The first-order chi connectivity index (χ1) is 11.2. The molecule has 0 aromatic heterocycles. The molecule has 1 heterocycles. The highest BCUT2D eigenvalue weighted by atomic mass is 127. The quantitative estimate of drug-likeness (QED) is 0.397.